The first-order valence-corrected chi connectivity index (χ1v) is 6.85. The Morgan fingerprint density at radius 3 is 2.80 bits per heavy atom. The van der Waals surface area contributed by atoms with Crippen molar-refractivity contribution in [2.45, 2.75) is 39.5 Å². The molecule has 0 fully saturated rings. The molecule has 0 aliphatic rings. The Hall–Kier alpha value is -2.11. The lowest BCUT2D eigenvalue weighted by Gasteiger charge is -2.06. The minimum Gasteiger partial charge on any atom is -0.465 e. The molecule has 0 radical (unpaired) electrons. The van der Waals surface area contributed by atoms with Gasteiger partial charge in [-0.15, -0.1) is 0 Å². The van der Waals surface area contributed by atoms with Crippen LogP contribution in [0.3, 0.4) is 0 Å². The van der Waals surface area contributed by atoms with Crippen molar-refractivity contribution in [3.8, 4) is 6.01 Å². The molecule has 0 saturated carbocycles. The first kappa shape index (κ1) is 14.3. The van der Waals surface area contributed by atoms with Crippen LogP contribution >= 0.6 is 0 Å². The monoisotopic (exact) mass is 278 g/mol. The van der Waals surface area contributed by atoms with Crippen LogP contribution in [-0.2, 0) is 6.42 Å². The van der Waals surface area contributed by atoms with E-state index in [9.17, 15) is 9.59 Å². The minimum atomic E-state index is -0.497. The number of aromatic amines is 1. The van der Waals surface area contributed by atoms with Gasteiger partial charge in [-0.05, 0) is 24.8 Å². The summed E-state index contributed by atoms with van der Waals surface area (Å²) >= 11 is 0. The van der Waals surface area contributed by atoms with Crippen molar-refractivity contribution >= 4 is 11.1 Å². The molecule has 0 amide bonds. The smallest absolute Gasteiger partial charge is 0.337 e. The predicted octanol–water partition coefficient (Wildman–Crippen LogP) is 2.01. The molecule has 0 aliphatic heterocycles. The van der Waals surface area contributed by atoms with Crippen LogP contribution in [0.25, 0.3) is 11.1 Å². The van der Waals surface area contributed by atoms with Gasteiger partial charge in [0.15, 0.2) is 0 Å². The van der Waals surface area contributed by atoms with E-state index >= 15 is 0 Å². The van der Waals surface area contributed by atoms with Gasteiger partial charge in [0.25, 0.3) is 11.6 Å². The molecule has 0 aliphatic carbocycles. The van der Waals surface area contributed by atoms with Crippen LogP contribution in [0.1, 0.15) is 38.7 Å². The number of ether oxygens (including phenoxy) is 1. The summed E-state index contributed by atoms with van der Waals surface area (Å²) in [6.45, 7) is 4.43. The molecular weight excluding hydrogens is 260 g/mol. The van der Waals surface area contributed by atoms with Crippen molar-refractivity contribution in [1.29, 1.82) is 0 Å². The number of unbranched alkanes of at least 4 members (excludes halogenated alkanes) is 1. The van der Waals surface area contributed by atoms with Gasteiger partial charge < -0.3 is 9.15 Å². The van der Waals surface area contributed by atoms with Crippen LogP contribution in [0.5, 0.6) is 6.01 Å². The number of hydrogen-bond acceptors (Lipinski definition) is 5. The highest BCUT2D eigenvalue weighted by molar-refractivity contribution is 5.75. The molecule has 0 atom stereocenters. The van der Waals surface area contributed by atoms with Gasteiger partial charge in [0.2, 0.25) is 5.71 Å². The average Bonchev–Trinajstić information content (AvgIpc) is 2.41. The number of nitrogens with zero attached hydrogens (tertiary/aromatic N) is 1. The van der Waals surface area contributed by atoms with E-state index in [1.165, 1.54) is 6.07 Å². The third-order valence-corrected chi connectivity index (χ3v) is 2.92. The Morgan fingerprint density at radius 2 is 2.10 bits per heavy atom. The number of aryl methyl sites for hydroxylation is 1. The Kier molecular flexibility index (Phi) is 4.55. The highest BCUT2D eigenvalue weighted by Crippen LogP contribution is 2.15. The second kappa shape index (κ2) is 6.36. The molecule has 2 aromatic rings. The molecule has 0 saturated heterocycles. The number of aromatic nitrogens is 2. The highest BCUT2D eigenvalue weighted by Gasteiger charge is 2.12. The lowest BCUT2D eigenvalue weighted by atomic mass is 10.1. The van der Waals surface area contributed by atoms with Crippen LogP contribution in [-0.4, -0.2) is 16.6 Å². The Morgan fingerprint density at radius 1 is 1.30 bits per heavy atom. The quantitative estimate of drug-likeness (QED) is 0.873. The zero-order valence-electron chi connectivity index (χ0n) is 11.7. The second-order valence-electron chi connectivity index (χ2n) is 4.59. The number of hydrogen-bond donors (Lipinski definition) is 1. The number of fused-ring (bicyclic) bond motifs is 1. The summed E-state index contributed by atoms with van der Waals surface area (Å²) in [5.41, 5.74) is -0.119. The molecule has 2 aromatic heterocycles. The van der Waals surface area contributed by atoms with Crippen molar-refractivity contribution in [3.05, 3.63) is 32.4 Å². The van der Waals surface area contributed by atoms with E-state index in [0.29, 0.717) is 24.0 Å². The molecular formula is C14H18N2O4. The summed E-state index contributed by atoms with van der Waals surface area (Å²) < 4.78 is 10.3. The van der Waals surface area contributed by atoms with Gasteiger partial charge in [0, 0.05) is 6.07 Å². The van der Waals surface area contributed by atoms with Crippen molar-refractivity contribution in [3.63, 3.8) is 0 Å². The van der Waals surface area contributed by atoms with Gasteiger partial charge in [-0.2, -0.15) is 4.98 Å². The van der Waals surface area contributed by atoms with Crippen LogP contribution in [0, 0.1) is 0 Å². The van der Waals surface area contributed by atoms with Gasteiger partial charge in [-0.1, -0.05) is 20.3 Å². The molecule has 0 spiro atoms. The van der Waals surface area contributed by atoms with E-state index in [-0.39, 0.29) is 17.3 Å². The summed E-state index contributed by atoms with van der Waals surface area (Å²) in [7, 11) is 0. The standard InChI is InChI=1S/C14H18N2O4/c1-3-5-6-9-8-10(17)20-13-11(9)12(18)15-14(16-13)19-7-4-2/h8H,3-7H2,1-2H3,(H,15,16,18). The van der Waals surface area contributed by atoms with Gasteiger partial charge >= 0.3 is 5.63 Å². The van der Waals surface area contributed by atoms with E-state index in [0.717, 1.165) is 19.3 Å². The zero-order chi connectivity index (χ0) is 14.5. The van der Waals surface area contributed by atoms with E-state index in [1.54, 1.807) is 0 Å². The molecule has 20 heavy (non-hydrogen) atoms. The van der Waals surface area contributed by atoms with Gasteiger partial charge in [-0.3, -0.25) is 9.78 Å². The van der Waals surface area contributed by atoms with Gasteiger partial charge in [0.05, 0.1) is 6.61 Å². The largest absolute Gasteiger partial charge is 0.465 e. The molecule has 1 N–H and O–H groups in total. The van der Waals surface area contributed by atoms with E-state index in [2.05, 4.69) is 9.97 Å². The van der Waals surface area contributed by atoms with E-state index in [1.807, 2.05) is 13.8 Å². The van der Waals surface area contributed by atoms with E-state index in [4.69, 9.17) is 9.15 Å². The highest BCUT2D eigenvalue weighted by atomic mass is 16.5. The zero-order valence-corrected chi connectivity index (χ0v) is 11.7. The van der Waals surface area contributed by atoms with Crippen molar-refractivity contribution in [1.82, 2.24) is 9.97 Å². The maximum absolute atomic E-state index is 12.1. The van der Waals surface area contributed by atoms with Crippen LogP contribution < -0.4 is 15.9 Å². The predicted molar refractivity (Wildman–Crippen MR) is 75.3 cm³/mol. The lowest BCUT2D eigenvalue weighted by Crippen LogP contribution is -2.15. The van der Waals surface area contributed by atoms with Crippen molar-refractivity contribution < 1.29 is 9.15 Å². The topological polar surface area (TPSA) is 85.2 Å². The van der Waals surface area contributed by atoms with Gasteiger partial charge in [0.1, 0.15) is 5.39 Å². The average molecular weight is 278 g/mol. The Bertz CT molecular complexity index is 702. The Labute approximate surface area is 115 Å². The fourth-order valence-electron chi connectivity index (χ4n) is 1.96. The molecule has 108 valence electrons. The summed E-state index contributed by atoms with van der Waals surface area (Å²) in [6.07, 6.45) is 3.32. The number of rotatable bonds is 6. The summed E-state index contributed by atoms with van der Waals surface area (Å²) in [6, 6.07) is 1.45. The molecule has 2 rings (SSSR count). The maximum Gasteiger partial charge on any atom is 0.337 e. The van der Waals surface area contributed by atoms with Crippen molar-refractivity contribution in [2.24, 2.45) is 0 Å². The lowest BCUT2D eigenvalue weighted by molar-refractivity contribution is 0.291. The number of H-pyrrole nitrogens is 1. The Balaban J connectivity index is 2.54. The van der Waals surface area contributed by atoms with Crippen LogP contribution in [0.15, 0.2) is 20.1 Å². The molecule has 6 nitrogen and oxygen atoms in total. The van der Waals surface area contributed by atoms with Gasteiger partial charge in [-0.25, -0.2) is 4.79 Å². The molecule has 2 heterocycles. The molecule has 0 aromatic carbocycles. The third kappa shape index (κ3) is 3.07. The third-order valence-electron chi connectivity index (χ3n) is 2.92. The first-order valence-electron chi connectivity index (χ1n) is 6.85. The summed E-state index contributed by atoms with van der Waals surface area (Å²) in [5.74, 6) is 0. The first-order chi connectivity index (χ1) is 9.65. The molecule has 0 bridgehead atoms. The fourth-order valence-corrected chi connectivity index (χ4v) is 1.96. The van der Waals surface area contributed by atoms with Crippen LogP contribution in [0.4, 0.5) is 0 Å². The summed E-state index contributed by atoms with van der Waals surface area (Å²) in [4.78, 5) is 30.3. The second-order valence-corrected chi connectivity index (χ2v) is 4.59. The fraction of sp³-hybridized carbons (Fsp3) is 0.500. The molecule has 0 unspecified atom stereocenters. The van der Waals surface area contributed by atoms with E-state index < -0.39 is 5.63 Å². The van der Waals surface area contributed by atoms with Crippen LogP contribution in [0.2, 0.25) is 0 Å². The normalized spacial score (nSPS) is 10.9. The minimum absolute atomic E-state index is 0.0402. The summed E-state index contributed by atoms with van der Waals surface area (Å²) in [5, 5.41) is 0.335. The maximum atomic E-state index is 12.1. The number of nitrogens with one attached hydrogen (secondary N) is 1. The molecule has 6 heteroatoms. The SMILES string of the molecule is CCCCc1cc(=O)oc2nc(OCCC)[nH]c(=O)c12. The van der Waals surface area contributed by atoms with Crippen molar-refractivity contribution in [2.75, 3.05) is 6.61 Å².